The van der Waals surface area contributed by atoms with E-state index in [1.54, 1.807) is 12.3 Å². The second kappa shape index (κ2) is 4.42. The van der Waals surface area contributed by atoms with Crippen molar-refractivity contribution in [3.8, 4) is 0 Å². The molecule has 0 saturated carbocycles. The van der Waals surface area contributed by atoms with Gasteiger partial charge in [-0.05, 0) is 12.1 Å². The van der Waals surface area contributed by atoms with Crippen molar-refractivity contribution in [2.24, 2.45) is 0 Å². The van der Waals surface area contributed by atoms with Crippen molar-refractivity contribution in [3.63, 3.8) is 0 Å². The predicted octanol–water partition coefficient (Wildman–Crippen LogP) is 2.92. The summed E-state index contributed by atoms with van der Waals surface area (Å²) in [7, 11) is 0. The van der Waals surface area contributed by atoms with Gasteiger partial charge < -0.3 is 5.32 Å². The molecule has 15 heavy (non-hydrogen) atoms. The van der Waals surface area contributed by atoms with Gasteiger partial charge in [-0.15, -0.1) is 0 Å². The number of halogens is 2. The number of hydrogen-bond acceptors (Lipinski definition) is 4. The van der Waals surface area contributed by atoms with Crippen molar-refractivity contribution in [2.75, 3.05) is 5.32 Å². The molecule has 76 valence electrons. The Hall–Kier alpha value is -1.39. The van der Waals surface area contributed by atoms with Crippen molar-refractivity contribution >= 4 is 35.0 Å². The second-order valence-electron chi connectivity index (χ2n) is 2.68. The smallest absolute Gasteiger partial charge is 0.231 e. The van der Waals surface area contributed by atoms with Gasteiger partial charge in [-0.3, -0.25) is 0 Å². The molecule has 4 nitrogen and oxygen atoms in total. The van der Waals surface area contributed by atoms with E-state index in [0.717, 1.165) is 0 Å². The Kier molecular flexibility index (Phi) is 2.99. The molecule has 0 aliphatic heterocycles. The van der Waals surface area contributed by atoms with Crippen LogP contribution in [0, 0.1) is 0 Å². The number of hydrogen-bond donors (Lipinski definition) is 1. The molecule has 0 bridgehead atoms. The molecule has 0 aliphatic carbocycles. The van der Waals surface area contributed by atoms with Gasteiger partial charge in [0, 0.05) is 12.3 Å². The zero-order valence-electron chi connectivity index (χ0n) is 7.48. The predicted molar refractivity (Wildman–Crippen MR) is 59.6 cm³/mol. The molecule has 2 heterocycles. The summed E-state index contributed by atoms with van der Waals surface area (Å²) in [5, 5.41) is 3.45. The van der Waals surface area contributed by atoms with E-state index in [-0.39, 0.29) is 10.3 Å². The number of anilines is 2. The molecule has 0 fully saturated rings. The van der Waals surface area contributed by atoms with Gasteiger partial charge in [0.25, 0.3) is 0 Å². The van der Waals surface area contributed by atoms with Gasteiger partial charge in [-0.1, -0.05) is 29.3 Å². The van der Waals surface area contributed by atoms with E-state index in [0.29, 0.717) is 11.8 Å². The Morgan fingerprint density at radius 1 is 1.07 bits per heavy atom. The summed E-state index contributed by atoms with van der Waals surface area (Å²) in [6, 6.07) is 6.92. The van der Waals surface area contributed by atoms with Crippen molar-refractivity contribution in [3.05, 3.63) is 40.8 Å². The fraction of sp³-hybridized carbons (Fsp3) is 0. The monoisotopic (exact) mass is 240 g/mol. The number of nitrogens with zero attached hydrogens (tertiary/aromatic N) is 3. The van der Waals surface area contributed by atoms with Gasteiger partial charge in [0.15, 0.2) is 0 Å². The molecule has 1 N–H and O–H groups in total. The number of nitrogens with one attached hydrogen (secondary N) is 1. The summed E-state index contributed by atoms with van der Waals surface area (Å²) in [5.41, 5.74) is 0. The topological polar surface area (TPSA) is 50.7 Å². The standard InChI is InChI=1S/C9H6Cl2N4/c10-6-5-7(11)14-9(13-6)15-8-3-1-2-4-12-8/h1-5H,(H,12,13,14,15). The molecule has 0 aliphatic rings. The minimum Gasteiger partial charge on any atom is -0.309 e. The van der Waals surface area contributed by atoms with Gasteiger partial charge >= 0.3 is 0 Å². The summed E-state index contributed by atoms with van der Waals surface area (Å²) in [4.78, 5) is 12.0. The molecule has 2 aromatic heterocycles. The lowest BCUT2D eigenvalue weighted by atomic mass is 10.5. The first kappa shape index (κ1) is 10.1. The molecule has 0 radical (unpaired) electrons. The van der Waals surface area contributed by atoms with Gasteiger partial charge in [0.05, 0.1) is 0 Å². The Bertz CT molecular complexity index is 441. The van der Waals surface area contributed by atoms with Crippen molar-refractivity contribution in [1.29, 1.82) is 0 Å². The second-order valence-corrected chi connectivity index (χ2v) is 3.45. The van der Waals surface area contributed by atoms with Crippen LogP contribution < -0.4 is 5.32 Å². The average Bonchev–Trinajstić information content (AvgIpc) is 2.17. The van der Waals surface area contributed by atoms with Gasteiger partial charge in [0.2, 0.25) is 5.95 Å². The van der Waals surface area contributed by atoms with E-state index < -0.39 is 0 Å². The Morgan fingerprint density at radius 2 is 1.80 bits per heavy atom. The summed E-state index contributed by atoms with van der Waals surface area (Å²) in [5.74, 6) is 0.960. The summed E-state index contributed by atoms with van der Waals surface area (Å²) in [6.07, 6.45) is 1.66. The van der Waals surface area contributed by atoms with Gasteiger partial charge in [-0.25, -0.2) is 15.0 Å². The third-order valence-electron chi connectivity index (χ3n) is 1.57. The molecule has 2 aromatic rings. The molecule has 0 amide bonds. The highest BCUT2D eigenvalue weighted by Crippen LogP contribution is 2.16. The lowest BCUT2D eigenvalue weighted by Gasteiger charge is -2.03. The van der Waals surface area contributed by atoms with Crippen LogP contribution in [0.2, 0.25) is 10.3 Å². The fourth-order valence-electron chi connectivity index (χ4n) is 0.997. The molecule has 0 unspecified atom stereocenters. The maximum absolute atomic E-state index is 5.72. The number of pyridine rings is 1. The molecular formula is C9H6Cl2N4. The minimum atomic E-state index is 0.286. The van der Waals surface area contributed by atoms with Crippen LogP contribution in [0.5, 0.6) is 0 Å². The van der Waals surface area contributed by atoms with Crippen LogP contribution in [0.4, 0.5) is 11.8 Å². The summed E-state index contributed by atoms with van der Waals surface area (Å²) in [6.45, 7) is 0. The van der Waals surface area contributed by atoms with E-state index >= 15 is 0 Å². The lowest BCUT2D eigenvalue weighted by Crippen LogP contribution is -1.98. The Morgan fingerprint density at radius 3 is 2.40 bits per heavy atom. The molecule has 0 saturated heterocycles. The van der Waals surface area contributed by atoms with E-state index in [4.69, 9.17) is 23.2 Å². The van der Waals surface area contributed by atoms with Crippen LogP contribution in [0.25, 0.3) is 0 Å². The first-order valence-electron chi connectivity index (χ1n) is 4.12. The van der Waals surface area contributed by atoms with Crippen LogP contribution in [-0.2, 0) is 0 Å². The molecule has 2 rings (SSSR count). The van der Waals surface area contributed by atoms with Crippen LogP contribution >= 0.6 is 23.2 Å². The highest BCUT2D eigenvalue weighted by Gasteiger charge is 2.01. The molecule has 0 aromatic carbocycles. The zero-order valence-corrected chi connectivity index (χ0v) is 9.00. The van der Waals surface area contributed by atoms with E-state index in [1.807, 2.05) is 12.1 Å². The molecule has 6 heteroatoms. The quantitative estimate of drug-likeness (QED) is 0.821. The van der Waals surface area contributed by atoms with E-state index in [9.17, 15) is 0 Å². The van der Waals surface area contributed by atoms with Crippen LogP contribution in [0.3, 0.4) is 0 Å². The first-order chi connectivity index (χ1) is 7.24. The SMILES string of the molecule is Clc1cc(Cl)nc(Nc2ccccn2)n1. The third-order valence-corrected chi connectivity index (χ3v) is 1.96. The van der Waals surface area contributed by atoms with Crippen LogP contribution in [0.1, 0.15) is 0 Å². The van der Waals surface area contributed by atoms with E-state index in [2.05, 4.69) is 20.3 Å². The maximum atomic E-state index is 5.72. The highest BCUT2D eigenvalue weighted by atomic mass is 35.5. The zero-order chi connectivity index (χ0) is 10.7. The van der Waals surface area contributed by atoms with Gasteiger partial charge in [-0.2, -0.15) is 0 Å². The summed E-state index contributed by atoms with van der Waals surface area (Å²) < 4.78 is 0. The average molecular weight is 241 g/mol. The van der Waals surface area contributed by atoms with Crippen molar-refractivity contribution in [2.45, 2.75) is 0 Å². The Balaban J connectivity index is 2.25. The minimum absolute atomic E-state index is 0.286. The number of aromatic nitrogens is 3. The summed E-state index contributed by atoms with van der Waals surface area (Å²) >= 11 is 11.4. The lowest BCUT2D eigenvalue weighted by molar-refractivity contribution is 1.15. The fourth-order valence-corrected chi connectivity index (χ4v) is 1.42. The van der Waals surface area contributed by atoms with Crippen LogP contribution in [0.15, 0.2) is 30.5 Å². The molecule has 0 spiro atoms. The third kappa shape index (κ3) is 2.78. The van der Waals surface area contributed by atoms with E-state index in [1.165, 1.54) is 6.07 Å². The molecule has 0 atom stereocenters. The van der Waals surface area contributed by atoms with Crippen molar-refractivity contribution < 1.29 is 0 Å². The first-order valence-corrected chi connectivity index (χ1v) is 4.88. The highest BCUT2D eigenvalue weighted by molar-refractivity contribution is 6.33. The molecular weight excluding hydrogens is 235 g/mol. The van der Waals surface area contributed by atoms with Gasteiger partial charge in [0.1, 0.15) is 16.1 Å². The van der Waals surface area contributed by atoms with Crippen molar-refractivity contribution in [1.82, 2.24) is 15.0 Å². The van der Waals surface area contributed by atoms with Crippen LogP contribution in [-0.4, -0.2) is 15.0 Å². The maximum Gasteiger partial charge on any atom is 0.231 e. The Labute approximate surface area is 96.3 Å². The largest absolute Gasteiger partial charge is 0.309 e. The number of rotatable bonds is 2. The normalized spacial score (nSPS) is 10.0.